The first-order valence-electron chi connectivity index (χ1n) is 10.5. The summed E-state index contributed by atoms with van der Waals surface area (Å²) in [6.07, 6.45) is -0.130. The van der Waals surface area contributed by atoms with E-state index < -0.39 is 47.6 Å². The second-order valence-electron chi connectivity index (χ2n) is 8.95. The largest absolute Gasteiger partial charge is 0.458 e. The van der Waals surface area contributed by atoms with Crippen molar-refractivity contribution in [1.82, 2.24) is 0 Å². The highest BCUT2D eigenvalue weighted by molar-refractivity contribution is 5.92. The molecule has 0 aromatic carbocycles. The smallest absolute Gasteiger partial charge is 0.334 e. The van der Waals surface area contributed by atoms with Crippen LogP contribution in [0.4, 0.5) is 0 Å². The van der Waals surface area contributed by atoms with Gasteiger partial charge in [0.1, 0.15) is 17.8 Å². The molecule has 0 amide bonds. The maximum atomic E-state index is 12.9. The minimum atomic E-state index is -1.76. The molecule has 30 heavy (non-hydrogen) atoms. The standard InChI is InChI=1S/C23H34O7/c1-8-13(4)21(25)30-18-11-23(7,27)19(24)10-16(28-12(2)3)14(5)9-17-20(18)15(6)22(26)29-17/h8,12,14,16-18,20,27H,6,9-11H2,1-5,7H3/b13-8-/t14-,16+,17-,18-,20+,23-/m1/s1. The summed E-state index contributed by atoms with van der Waals surface area (Å²) in [6.45, 7) is 14.3. The van der Waals surface area contributed by atoms with Crippen molar-refractivity contribution in [2.24, 2.45) is 11.8 Å². The fourth-order valence-corrected chi connectivity index (χ4v) is 4.06. The van der Waals surface area contributed by atoms with Crippen LogP contribution in [0.3, 0.4) is 0 Å². The van der Waals surface area contributed by atoms with Crippen molar-refractivity contribution in [3.8, 4) is 0 Å². The highest BCUT2D eigenvalue weighted by atomic mass is 16.6. The molecule has 0 bridgehead atoms. The molecule has 7 heteroatoms. The van der Waals surface area contributed by atoms with Gasteiger partial charge in [-0.25, -0.2) is 9.59 Å². The average Bonchev–Trinajstić information content (AvgIpc) is 2.91. The molecular weight excluding hydrogens is 388 g/mol. The maximum Gasteiger partial charge on any atom is 0.334 e. The van der Waals surface area contributed by atoms with Crippen molar-refractivity contribution in [1.29, 1.82) is 0 Å². The Hall–Kier alpha value is -1.99. The van der Waals surface area contributed by atoms with Crippen LogP contribution in [-0.4, -0.2) is 52.8 Å². The number of hydrogen-bond donors (Lipinski definition) is 1. The Balaban J connectivity index is 2.45. The zero-order chi connectivity index (χ0) is 22.8. The van der Waals surface area contributed by atoms with Crippen LogP contribution >= 0.6 is 0 Å². The number of carbonyl (C=O) groups excluding carboxylic acids is 3. The van der Waals surface area contributed by atoms with Gasteiger partial charge in [0.2, 0.25) is 0 Å². The molecule has 1 aliphatic carbocycles. The van der Waals surface area contributed by atoms with Gasteiger partial charge >= 0.3 is 11.9 Å². The number of Topliss-reactive ketones (excluding diaryl/α,β-unsaturated/α-hetero) is 1. The van der Waals surface area contributed by atoms with Crippen LogP contribution in [0.2, 0.25) is 0 Å². The number of rotatable bonds is 4. The van der Waals surface area contributed by atoms with Crippen molar-refractivity contribution in [3.05, 3.63) is 23.8 Å². The Morgan fingerprint density at radius 2 is 1.97 bits per heavy atom. The molecule has 0 unspecified atom stereocenters. The molecule has 2 fully saturated rings. The van der Waals surface area contributed by atoms with Gasteiger partial charge in [0.05, 0.1) is 18.1 Å². The summed E-state index contributed by atoms with van der Waals surface area (Å²) in [5.74, 6) is -2.29. The van der Waals surface area contributed by atoms with E-state index in [1.165, 1.54) is 6.92 Å². The number of allylic oxidation sites excluding steroid dienone is 1. The number of fused-ring (bicyclic) bond motifs is 1. The van der Waals surface area contributed by atoms with Gasteiger partial charge in [-0.15, -0.1) is 0 Å². The van der Waals surface area contributed by atoms with E-state index in [0.29, 0.717) is 12.0 Å². The summed E-state index contributed by atoms with van der Waals surface area (Å²) in [6, 6.07) is 0. The molecule has 6 atom stereocenters. The number of hydrogen-bond acceptors (Lipinski definition) is 7. The molecule has 1 saturated carbocycles. The third kappa shape index (κ3) is 5.38. The average molecular weight is 423 g/mol. The summed E-state index contributed by atoms with van der Waals surface area (Å²) >= 11 is 0. The van der Waals surface area contributed by atoms with Crippen molar-refractivity contribution < 1.29 is 33.7 Å². The lowest BCUT2D eigenvalue weighted by atomic mass is 9.76. The summed E-state index contributed by atoms with van der Waals surface area (Å²) in [4.78, 5) is 37.7. The van der Waals surface area contributed by atoms with Crippen molar-refractivity contribution in [2.45, 2.75) is 90.8 Å². The van der Waals surface area contributed by atoms with Gasteiger partial charge in [-0.05, 0) is 47.0 Å². The van der Waals surface area contributed by atoms with Gasteiger partial charge in [-0.3, -0.25) is 4.79 Å². The number of aliphatic hydroxyl groups is 1. The Morgan fingerprint density at radius 3 is 2.53 bits per heavy atom. The zero-order valence-corrected chi connectivity index (χ0v) is 18.8. The quantitative estimate of drug-likeness (QED) is 0.549. The van der Waals surface area contributed by atoms with E-state index in [9.17, 15) is 19.5 Å². The lowest BCUT2D eigenvalue weighted by molar-refractivity contribution is -0.160. The van der Waals surface area contributed by atoms with Crippen molar-refractivity contribution in [2.75, 3.05) is 0 Å². The predicted octanol–water partition coefficient (Wildman–Crippen LogP) is 2.90. The van der Waals surface area contributed by atoms with E-state index in [1.54, 1.807) is 19.9 Å². The lowest BCUT2D eigenvalue weighted by Gasteiger charge is -2.37. The van der Waals surface area contributed by atoms with Crippen LogP contribution in [0.1, 0.15) is 60.8 Å². The van der Waals surface area contributed by atoms with Crippen LogP contribution in [-0.2, 0) is 28.6 Å². The van der Waals surface area contributed by atoms with Crippen molar-refractivity contribution >= 4 is 17.7 Å². The topological polar surface area (TPSA) is 99.1 Å². The third-order valence-electron chi connectivity index (χ3n) is 6.01. The van der Waals surface area contributed by atoms with E-state index in [-0.39, 0.29) is 30.4 Å². The van der Waals surface area contributed by atoms with Crippen LogP contribution in [0.25, 0.3) is 0 Å². The Bertz CT molecular complexity index is 734. The minimum Gasteiger partial charge on any atom is -0.458 e. The van der Waals surface area contributed by atoms with Gasteiger partial charge in [-0.1, -0.05) is 19.6 Å². The molecule has 0 radical (unpaired) electrons. The number of carbonyl (C=O) groups is 3. The number of esters is 2. The van der Waals surface area contributed by atoms with E-state index >= 15 is 0 Å². The van der Waals surface area contributed by atoms with Crippen LogP contribution in [0.15, 0.2) is 23.8 Å². The lowest BCUT2D eigenvalue weighted by Crippen LogP contribution is -2.48. The first kappa shape index (κ1) is 24.3. The Kier molecular flexibility index (Phi) is 7.64. The number of ketones is 1. The number of ether oxygens (including phenoxy) is 3. The summed E-state index contributed by atoms with van der Waals surface area (Å²) < 4.78 is 17.2. The Labute approximate surface area is 178 Å². The molecule has 168 valence electrons. The highest BCUT2D eigenvalue weighted by Gasteiger charge is 2.50. The molecule has 2 rings (SSSR count). The fraction of sp³-hybridized carbons (Fsp3) is 0.696. The first-order valence-corrected chi connectivity index (χ1v) is 10.5. The molecule has 0 aromatic rings. The van der Waals surface area contributed by atoms with E-state index in [4.69, 9.17) is 14.2 Å². The van der Waals surface area contributed by atoms with E-state index in [0.717, 1.165) is 0 Å². The summed E-state index contributed by atoms with van der Waals surface area (Å²) in [5.41, 5.74) is -1.18. The monoisotopic (exact) mass is 422 g/mol. The highest BCUT2D eigenvalue weighted by Crippen LogP contribution is 2.40. The van der Waals surface area contributed by atoms with Gasteiger partial charge < -0.3 is 19.3 Å². The second kappa shape index (κ2) is 9.43. The molecule has 1 saturated heterocycles. The fourth-order valence-electron chi connectivity index (χ4n) is 4.06. The summed E-state index contributed by atoms with van der Waals surface area (Å²) in [7, 11) is 0. The summed E-state index contributed by atoms with van der Waals surface area (Å²) in [5, 5.41) is 11.0. The first-order chi connectivity index (χ1) is 13.9. The molecule has 0 spiro atoms. The normalized spacial score (nSPS) is 35.8. The minimum absolute atomic E-state index is 0.0210. The molecule has 7 nitrogen and oxygen atoms in total. The third-order valence-corrected chi connectivity index (χ3v) is 6.01. The van der Waals surface area contributed by atoms with Crippen LogP contribution < -0.4 is 0 Å². The maximum absolute atomic E-state index is 12.9. The van der Waals surface area contributed by atoms with Gasteiger partial charge in [0.25, 0.3) is 0 Å². The van der Waals surface area contributed by atoms with Crippen molar-refractivity contribution in [3.63, 3.8) is 0 Å². The van der Waals surface area contributed by atoms with Gasteiger partial charge in [-0.2, -0.15) is 0 Å². The molecule has 1 N–H and O–H groups in total. The molecule has 1 heterocycles. The van der Waals surface area contributed by atoms with Gasteiger partial charge in [0.15, 0.2) is 5.78 Å². The van der Waals surface area contributed by atoms with Crippen LogP contribution in [0.5, 0.6) is 0 Å². The van der Waals surface area contributed by atoms with Crippen LogP contribution in [0, 0.1) is 11.8 Å². The Morgan fingerprint density at radius 1 is 1.33 bits per heavy atom. The molecule has 0 aromatic heterocycles. The van der Waals surface area contributed by atoms with Gasteiger partial charge in [0, 0.05) is 24.0 Å². The molecule has 2 aliphatic rings. The molecular formula is C23H34O7. The van der Waals surface area contributed by atoms with E-state index in [1.807, 2.05) is 20.8 Å². The molecule has 1 aliphatic heterocycles. The zero-order valence-electron chi connectivity index (χ0n) is 18.8. The predicted molar refractivity (Wildman–Crippen MR) is 110 cm³/mol. The second-order valence-corrected chi connectivity index (χ2v) is 8.95. The van der Waals surface area contributed by atoms with E-state index in [2.05, 4.69) is 6.58 Å². The SMILES string of the molecule is C=C1C(=O)O[C@@H]2C[C@@H](C)[C@@H](OC(C)C)CC(=O)[C@](C)(O)C[C@@H](OC(=O)/C(C)=C\C)[C@@H]12.